The van der Waals surface area contributed by atoms with Gasteiger partial charge in [0, 0.05) is 7.11 Å². The topological polar surface area (TPSA) is 72.5 Å². The van der Waals surface area contributed by atoms with Crippen LogP contribution in [0.3, 0.4) is 0 Å². The number of hydrogen-bond donors (Lipinski definition) is 1. The van der Waals surface area contributed by atoms with E-state index in [1.165, 1.54) is 14.0 Å². The molecule has 1 aromatic rings. The second-order valence-electron chi connectivity index (χ2n) is 4.64. The van der Waals surface area contributed by atoms with Crippen LogP contribution in [-0.2, 0) is 19.4 Å². The van der Waals surface area contributed by atoms with Crippen molar-refractivity contribution >= 4 is 15.7 Å². The molecule has 1 amide bonds. The summed E-state index contributed by atoms with van der Waals surface area (Å²) < 4.78 is 28.6. The lowest BCUT2D eigenvalue weighted by molar-refractivity contribution is -0.121. The fourth-order valence-corrected chi connectivity index (χ4v) is 2.84. The van der Waals surface area contributed by atoms with Crippen molar-refractivity contribution in [1.82, 2.24) is 5.32 Å². The van der Waals surface area contributed by atoms with E-state index in [4.69, 9.17) is 4.74 Å². The summed E-state index contributed by atoms with van der Waals surface area (Å²) in [6.07, 6.45) is 0. The Balaban J connectivity index is 2.66. The number of carbonyl (C=O) groups is 1. The van der Waals surface area contributed by atoms with Crippen molar-refractivity contribution in [1.29, 1.82) is 0 Å². The van der Waals surface area contributed by atoms with E-state index in [1.54, 1.807) is 0 Å². The second kappa shape index (κ2) is 7.40. The standard InChI is InChI=1S/C14H21NO4S/c1-11(13-7-5-4-6-8-13)15-14(16)12(2)20(17,18)10-9-19-3/h4-8,11-12H,9-10H2,1-3H3,(H,15,16). The predicted octanol–water partition coefficient (Wildman–Crippen LogP) is 1.31. The molecule has 2 atom stereocenters. The van der Waals surface area contributed by atoms with E-state index >= 15 is 0 Å². The predicted molar refractivity (Wildman–Crippen MR) is 78.1 cm³/mol. The summed E-state index contributed by atoms with van der Waals surface area (Å²) in [6, 6.07) is 9.16. The molecule has 0 aliphatic rings. The van der Waals surface area contributed by atoms with E-state index in [0.29, 0.717) is 0 Å². The minimum absolute atomic E-state index is 0.0915. The van der Waals surface area contributed by atoms with Crippen LogP contribution in [0.2, 0.25) is 0 Å². The van der Waals surface area contributed by atoms with Gasteiger partial charge in [0.15, 0.2) is 9.84 Å². The summed E-state index contributed by atoms with van der Waals surface area (Å²) in [4.78, 5) is 12.0. The molecule has 0 spiro atoms. The highest BCUT2D eigenvalue weighted by molar-refractivity contribution is 7.92. The molecule has 1 N–H and O–H groups in total. The SMILES string of the molecule is COCCS(=O)(=O)C(C)C(=O)NC(C)c1ccccc1. The summed E-state index contributed by atoms with van der Waals surface area (Å²) in [5.74, 6) is -0.643. The molecule has 0 saturated heterocycles. The zero-order valence-electron chi connectivity index (χ0n) is 12.0. The number of benzene rings is 1. The summed E-state index contributed by atoms with van der Waals surface area (Å²) in [6.45, 7) is 3.31. The molecular weight excluding hydrogens is 278 g/mol. The normalized spacial score (nSPS) is 14.6. The maximum absolute atomic E-state index is 12.0. The summed E-state index contributed by atoms with van der Waals surface area (Å²) in [7, 11) is -2.06. The number of nitrogens with one attached hydrogen (secondary N) is 1. The molecule has 0 aliphatic carbocycles. The van der Waals surface area contributed by atoms with Gasteiger partial charge in [0.1, 0.15) is 5.25 Å². The molecular formula is C14H21NO4S. The minimum Gasteiger partial charge on any atom is -0.384 e. The Labute approximate surface area is 120 Å². The third kappa shape index (κ3) is 4.61. The van der Waals surface area contributed by atoms with Crippen LogP contribution in [0.15, 0.2) is 30.3 Å². The molecule has 6 heteroatoms. The second-order valence-corrected chi connectivity index (χ2v) is 7.08. The number of ether oxygens (including phenoxy) is 1. The lowest BCUT2D eigenvalue weighted by Crippen LogP contribution is -2.40. The van der Waals surface area contributed by atoms with Crippen LogP contribution in [0.25, 0.3) is 0 Å². The lowest BCUT2D eigenvalue weighted by Gasteiger charge is -2.18. The molecule has 1 rings (SSSR count). The summed E-state index contributed by atoms with van der Waals surface area (Å²) in [5, 5.41) is 1.64. The van der Waals surface area contributed by atoms with Crippen molar-refractivity contribution in [3.05, 3.63) is 35.9 Å². The van der Waals surface area contributed by atoms with Gasteiger partial charge in [-0.1, -0.05) is 30.3 Å². The molecule has 0 fully saturated rings. The van der Waals surface area contributed by atoms with Gasteiger partial charge in [0.05, 0.1) is 18.4 Å². The molecule has 0 radical (unpaired) electrons. The van der Waals surface area contributed by atoms with Crippen LogP contribution >= 0.6 is 0 Å². The van der Waals surface area contributed by atoms with Crippen LogP contribution in [0, 0.1) is 0 Å². The zero-order chi connectivity index (χ0) is 15.2. The molecule has 0 aliphatic heterocycles. The Morgan fingerprint density at radius 3 is 2.40 bits per heavy atom. The monoisotopic (exact) mass is 299 g/mol. The number of amides is 1. The number of rotatable bonds is 7. The first-order chi connectivity index (χ1) is 9.38. The average molecular weight is 299 g/mol. The highest BCUT2D eigenvalue weighted by atomic mass is 32.2. The Morgan fingerprint density at radius 2 is 1.85 bits per heavy atom. The van der Waals surface area contributed by atoms with Gasteiger partial charge in [0.2, 0.25) is 5.91 Å². The Morgan fingerprint density at radius 1 is 1.25 bits per heavy atom. The van der Waals surface area contributed by atoms with E-state index in [1.807, 2.05) is 37.3 Å². The highest BCUT2D eigenvalue weighted by Crippen LogP contribution is 2.12. The van der Waals surface area contributed by atoms with Gasteiger partial charge >= 0.3 is 0 Å². The number of carbonyl (C=O) groups excluding carboxylic acids is 1. The molecule has 20 heavy (non-hydrogen) atoms. The summed E-state index contributed by atoms with van der Waals surface area (Å²) >= 11 is 0. The third-order valence-electron chi connectivity index (χ3n) is 3.14. The van der Waals surface area contributed by atoms with Crippen LogP contribution < -0.4 is 5.32 Å². The van der Waals surface area contributed by atoms with Gasteiger partial charge in [-0.05, 0) is 19.4 Å². The molecule has 5 nitrogen and oxygen atoms in total. The number of methoxy groups -OCH3 is 1. The highest BCUT2D eigenvalue weighted by Gasteiger charge is 2.28. The van der Waals surface area contributed by atoms with Crippen molar-refractivity contribution in [2.24, 2.45) is 0 Å². The molecule has 0 aromatic heterocycles. The summed E-state index contributed by atoms with van der Waals surface area (Å²) in [5.41, 5.74) is 0.933. The molecule has 2 unspecified atom stereocenters. The minimum atomic E-state index is -3.49. The van der Waals surface area contributed by atoms with Gasteiger partial charge in [-0.2, -0.15) is 0 Å². The first-order valence-electron chi connectivity index (χ1n) is 6.44. The van der Waals surface area contributed by atoms with Gasteiger partial charge < -0.3 is 10.1 Å². The van der Waals surface area contributed by atoms with Crippen molar-refractivity contribution < 1.29 is 17.9 Å². The quantitative estimate of drug-likeness (QED) is 0.824. The maximum Gasteiger partial charge on any atom is 0.238 e. The van der Waals surface area contributed by atoms with E-state index in [-0.39, 0.29) is 18.4 Å². The smallest absolute Gasteiger partial charge is 0.238 e. The Hall–Kier alpha value is -1.40. The van der Waals surface area contributed by atoms with Crippen molar-refractivity contribution in [2.75, 3.05) is 19.5 Å². The van der Waals surface area contributed by atoms with Crippen LogP contribution in [-0.4, -0.2) is 39.0 Å². The van der Waals surface area contributed by atoms with Gasteiger partial charge in [0.25, 0.3) is 0 Å². The van der Waals surface area contributed by atoms with Crippen LogP contribution in [0.5, 0.6) is 0 Å². The molecule has 112 valence electrons. The average Bonchev–Trinajstić information content (AvgIpc) is 2.45. The fourth-order valence-electron chi connectivity index (χ4n) is 1.70. The maximum atomic E-state index is 12.0. The van der Waals surface area contributed by atoms with Crippen molar-refractivity contribution in [2.45, 2.75) is 25.1 Å². The number of sulfone groups is 1. The van der Waals surface area contributed by atoms with Crippen molar-refractivity contribution in [3.63, 3.8) is 0 Å². The van der Waals surface area contributed by atoms with Gasteiger partial charge in [-0.25, -0.2) is 8.42 Å². The molecule has 0 saturated carbocycles. The lowest BCUT2D eigenvalue weighted by atomic mass is 10.1. The zero-order valence-corrected chi connectivity index (χ0v) is 12.8. The first-order valence-corrected chi connectivity index (χ1v) is 8.16. The molecule has 0 heterocycles. The van der Waals surface area contributed by atoms with E-state index < -0.39 is 21.0 Å². The fraction of sp³-hybridized carbons (Fsp3) is 0.500. The Kier molecular flexibility index (Phi) is 6.16. The van der Waals surface area contributed by atoms with Gasteiger partial charge in [-0.3, -0.25) is 4.79 Å². The number of hydrogen-bond acceptors (Lipinski definition) is 4. The van der Waals surface area contributed by atoms with Crippen LogP contribution in [0.4, 0.5) is 0 Å². The third-order valence-corrected chi connectivity index (χ3v) is 5.17. The molecule has 0 bridgehead atoms. The van der Waals surface area contributed by atoms with E-state index in [2.05, 4.69) is 5.32 Å². The first kappa shape index (κ1) is 16.7. The Bertz CT molecular complexity index is 527. The largest absolute Gasteiger partial charge is 0.384 e. The van der Waals surface area contributed by atoms with E-state index in [0.717, 1.165) is 5.56 Å². The molecule has 1 aromatic carbocycles. The van der Waals surface area contributed by atoms with Crippen LogP contribution in [0.1, 0.15) is 25.5 Å². The van der Waals surface area contributed by atoms with Gasteiger partial charge in [-0.15, -0.1) is 0 Å². The van der Waals surface area contributed by atoms with E-state index in [9.17, 15) is 13.2 Å². The van der Waals surface area contributed by atoms with Crippen molar-refractivity contribution in [3.8, 4) is 0 Å².